The lowest BCUT2D eigenvalue weighted by atomic mass is 9.99. The summed E-state index contributed by atoms with van der Waals surface area (Å²) in [7, 11) is 0. The molecule has 0 spiro atoms. The second-order valence-electron chi connectivity index (χ2n) is 8.55. The van der Waals surface area contributed by atoms with E-state index < -0.39 is 0 Å². The molecule has 0 N–H and O–H groups in total. The summed E-state index contributed by atoms with van der Waals surface area (Å²) in [5.41, 5.74) is 6.11. The molecule has 0 aliphatic heterocycles. The molecule has 0 saturated carbocycles. The van der Waals surface area contributed by atoms with Crippen LogP contribution < -0.4 is 0 Å². The van der Waals surface area contributed by atoms with Gasteiger partial charge in [0.2, 0.25) is 0 Å². The minimum Gasteiger partial charge on any atom is -0.466 e. The van der Waals surface area contributed by atoms with Crippen LogP contribution in [0.4, 0.5) is 0 Å². The van der Waals surface area contributed by atoms with Crippen LogP contribution in [-0.2, 0) is 31.9 Å². The van der Waals surface area contributed by atoms with Crippen molar-refractivity contribution in [2.45, 2.75) is 39.7 Å². The van der Waals surface area contributed by atoms with Crippen LogP contribution in [0.15, 0.2) is 83.4 Å². The van der Waals surface area contributed by atoms with Crippen LogP contribution in [0.2, 0.25) is 0 Å². The molecule has 3 aromatic carbocycles. The summed E-state index contributed by atoms with van der Waals surface area (Å²) >= 11 is 0. The zero-order chi connectivity index (χ0) is 25.5. The van der Waals surface area contributed by atoms with Crippen molar-refractivity contribution < 1.29 is 23.6 Å². The topological polar surface area (TPSA) is 78.6 Å². The van der Waals surface area contributed by atoms with E-state index in [0.29, 0.717) is 18.1 Å². The number of aromatic nitrogens is 1. The number of nitrogens with zero attached hydrogens (tertiary/aromatic N) is 1. The molecular weight excluding hydrogens is 454 g/mol. The molecule has 0 amide bonds. The molecule has 1 heterocycles. The first kappa shape index (κ1) is 24.9. The Morgan fingerprint density at radius 2 is 1.44 bits per heavy atom. The Kier molecular flexibility index (Phi) is 7.95. The Morgan fingerprint density at radius 1 is 0.833 bits per heavy atom. The fourth-order valence-electron chi connectivity index (χ4n) is 4.01. The van der Waals surface area contributed by atoms with E-state index in [1.807, 2.05) is 92.7 Å². The lowest BCUT2D eigenvalue weighted by molar-refractivity contribution is -0.147. The highest BCUT2D eigenvalue weighted by atomic mass is 16.5. The second-order valence-corrected chi connectivity index (χ2v) is 8.55. The molecule has 0 saturated heterocycles. The van der Waals surface area contributed by atoms with Gasteiger partial charge >= 0.3 is 11.9 Å². The quantitative estimate of drug-likeness (QED) is 0.261. The van der Waals surface area contributed by atoms with E-state index in [0.717, 1.165) is 33.4 Å². The lowest BCUT2D eigenvalue weighted by Gasteiger charge is -2.13. The van der Waals surface area contributed by atoms with E-state index in [-0.39, 0.29) is 30.9 Å². The van der Waals surface area contributed by atoms with Gasteiger partial charge in [-0.1, -0.05) is 84.0 Å². The molecule has 0 fully saturated rings. The molecule has 0 bridgehead atoms. The second kappa shape index (κ2) is 11.5. The fraction of sp³-hybridized carbons (Fsp3) is 0.233. The van der Waals surface area contributed by atoms with E-state index >= 15 is 0 Å². The van der Waals surface area contributed by atoms with Crippen LogP contribution in [0.5, 0.6) is 0 Å². The molecular formula is C30H29NO5. The highest BCUT2D eigenvalue weighted by Crippen LogP contribution is 2.30. The van der Waals surface area contributed by atoms with Crippen molar-refractivity contribution in [3.05, 3.63) is 101 Å². The van der Waals surface area contributed by atoms with Crippen molar-refractivity contribution >= 4 is 11.9 Å². The van der Waals surface area contributed by atoms with E-state index in [9.17, 15) is 9.59 Å². The molecule has 0 aliphatic rings. The van der Waals surface area contributed by atoms with Gasteiger partial charge in [-0.05, 0) is 43.0 Å². The summed E-state index contributed by atoms with van der Waals surface area (Å²) in [5.74, 6) is -0.00209. The van der Waals surface area contributed by atoms with E-state index in [2.05, 4.69) is 5.16 Å². The molecule has 6 nitrogen and oxygen atoms in total. The molecule has 1 atom stereocenters. The lowest BCUT2D eigenvalue weighted by Crippen LogP contribution is -2.12. The number of benzene rings is 3. The van der Waals surface area contributed by atoms with Crippen LogP contribution >= 0.6 is 0 Å². The number of hydrogen-bond donors (Lipinski definition) is 0. The normalized spacial score (nSPS) is 11.6. The van der Waals surface area contributed by atoms with E-state index in [1.54, 1.807) is 6.92 Å². The summed E-state index contributed by atoms with van der Waals surface area (Å²) in [4.78, 5) is 24.4. The average molecular weight is 484 g/mol. The largest absolute Gasteiger partial charge is 0.466 e. The van der Waals surface area contributed by atoms with Crippen LogP contribution in [-0.4, -0.2) is 23.7 Å². The van der Waals surface area contributed by atoms with Crippen molar-refractivity contribution in [3.63, 3.8) is 0 Å². The van der Waals surface area contributed by atoms with Gasteiger partial charge in [0.15, 0.2) is 5.76 Å². The molecule has 0 aliphatic carbocycles. The van der Waals surface area contributed by atoms with Gasteiger partial charge in [-0.15, -0.1) is 0 Å². The number of rotatable bonds is 9. The van der Waals surface area contributed by atoms with Gasteiger partial charge in [0.1, 0.15) is 6.10 Å². The molecule has 0 radical (unpaired) electrons. The predicted octanol–water partition coefficient (Wildman–Crippen LogP) is 6.27. The molecule has 1 aromatic heterocycles. The number of aryl methyl sites for hydroxylation is 1. The van der Waals surface area contributed by atoms with Gasteiger partial charge in [-0.25, -0.2) is 0 Å². The van der Waals surface area contributed by atoms with Crippen molar-refractivity contribution in [3.8, 4) is 22.5 Å². The van der Waals surface area contributed by atoms with Crippen molar-refractivity contribution in [2.75, 3.05) is 6.61 Å². The Labute approximate surface area is 210 Å². The maximum absolute atomic E-state index is 12.7. The number of carbonyl (C=O) groups excluding carboxylic acids is 2. The first-order chi connectivity index (χ1) is 17.4. The van der Waals surface area contributed by atoms with Gasteiger partial charge in [0.25, 0.3) is 0 Å². The van der Waals surface area contributed by atoms with Crippen LogP contribution in [0.1, 0.15) is 42.3 Å². The zero-order valence-electron chi connectivity index (χ0n) is 20.7. The van der Waals surface area contributed by atoms with Crippen molar-refractivity contribution in [1.29, 1.82) is 0 Å². The summed E-state index contributed by atoms with van der Waals surface area (Å²) in [6.45, 7) is 5.86. The third-order valence-electron chi connectivity index (χ3n) is 5.97. The Morgan fingerprint density at radius 3 is 2.08 bits per heavy atom. The number of hydrogen-bond acceptors (Lipinski definition) is 6. The maximum Gasteiger partial charge on any atom is 0.311 e. The molecule has 6 heteroatoms. The summed E-state index contributed by atoms with van der Waals surface area (Å²) in [6.07, 6.45) is -0.0102. The van der Waals surface area contributed by atoms with Gasteiger partial charge in [-0.3, -0.25) is 9.59 Å². The van der Waals surface area contributed by atoms with E-state index in [4.69, 9.17) is 14.0 Å². The monoisotopic (exact) mass is 483 g/mol. The summed E-state index contributed by atoms with van der Waals surface area (Å²) in [6, 6.07) is 25.3. The smallest absolute Gasteiger partial charge is 0.311 e. The third-order valence-corrected chi connectivity index (χ3v) is 5.97. The molecule has 184 valence electrons. The Hall–Kier alpha value is -4.19. The minimum absolute atomic E-state index is 0.0749. The molecule has 4 rings (SSSR count). The van der Waals surface area contributed by atoms with Gasteiger partial charge < -0.3 is 14.0 Å². The van der Waals surface area contributed by atoms with Crippen molar-refractivity contribution in [2.24, 2.45) is 0 Å². The third kappa shape index (κ3) is 6.08. The fourth-order valence-corrected chi connectivity index (χ4v) is 4.01. The average Bonchev–Trinajstić information content (AvgIpc) is 3.25. The van der Waals surface area contributed by atoms with Crippen LogP contribution in [0.3, 0.4) is 0 Å². The number of esters is 2. The number of carbonyl (C=O) groups is 2. The van der Waals surface area contributed by atoms with Gasteiger partial charge in [-0.2, -0.15) is 0 Å². The first-order valence-corrected chi connectivity index (χ1v) is 12.0. The van der Waals surface area contributed by atoms with Crippen LogP contribution in [0.25, 0.3) is 22.5 Å². The highest BCUT2D eigenvalue weighted by molar-refractivity contribution is 5.78. The number of ether oxygens (including phenoxy) is 2. The Bertz CT molecular complexity index is 1310. The van der Waals surface area contributed by atoms with Gasteiger partial charge in [0.05, 0.1) is 25.1 Å². The summed E-state index contributed by atoms with van der Waals surface area (Å²) < 4.78 is 16.2. The molecule has 36 heavy (non-hydrogen) atoms. The zero-order valence-corrected chi connectivity index (χ0v) is 20.7. The van der Waals surface area contributed by atoms with Crippen LogP contribution in [0, 0.1) is 6.92 Å². The summed E-state index contributed by atoms with van der Waals surface area (Å²) in [5, 5.41) is 4.09. The first-order valence-electron chi connectivity index (χ1n) is 12.0. The Balaban J connectivity index is 1.45. The standard InChI is InChI=1S/C30H29NO5/c1-4-34-28(32)18-22-10-12-24(13-11-22)25-14-16-26(17-15-25)30-27(20(2)31-36-30)19-29(33)35-21(3)23-8-6-5-7-9-23/h5-17,21H,4,18-19H2,1-3H3/t21-/m0/s1. The highest BCUT2D eigenvalue weighted by Gasteiger charge is 2.20. The molecule has 0 unspecified atom stereocenters. The van der Waals surface area contributed by atoms with E-state index in [1.165, 1.54) is 0 Å². The van der Waals surface area contributed by atoms with Crippen molar-refractivity contribution in [1.82, 2.24) is 5.16 Å². The minimum atomic E-state index is -0.342. The van der Waals surface area contributed by atoms with Gasteiger partial charge in [0, 0.05) is 11.1 Å². The predicted molar refractivity (Wildman–Crippen MR) is 137 cm³/mol. The SMILES string of the molecule is CCOC(=O)Cc1ccc(-c2ccc(-c3onc(C)c3CC(=O)O[C@@H](C)c3ccccc3)cc2)cc1. The molecule has 4 aromatic rings. The maximum atomic E-state index is 12.7.